The molecule has 34 valence electrons. The molecule has 0 spiro atoms. The molecule has 0 aromatic heterocycles. The van der Waals surface area contributed by atoms with Crippen LogP contribution in [0.1, 0.15) is 29.1 Å². The molecule has 0 saturated carbocycles. The Hall–Kier alpha value is 0. The lowest BCUT2D eigenvalue weighted by atomic mass is 10.0. The van der Waals surface area contributed by atoms with Gasteiger partial charge in [-0.3, -0.25) is 0 Å². The van der Waals surface area contributed by atoms with Crippen molar-refractivity contribution in [3.63, 3.8) is 0 Å². The van der Waals surface area contributed by atoms with Crippen molar-refractivity contribution in [3.05, 3.63) is 0 Å². The molecule has 0 radical (unpaired) electrons. The van der Waals surface area contributed by atoms with Gasteiger partial charge in [-0.25, -0.2) is 0 Å². The number of rotatable bonds is 0. The van der Waals surface area contributed by atoms with Crippen LogP contribution < -0.4 is 0 Å². The normalized spacial score (nSPS) is 12.0. The lowest BCUT2D eigenvalue weighted by molar-refractivity contribution is 0.469. The molecular formula is C5H14. The van der Waals surface area contributed by atoms with Crippen molar-refractivity contribution in [1.82, 2.24) is 0 Å². The van der Waals surface area contributed by atoms with Crippen LogP contribution in [0.3, 0.4) is 0 Å². The summed E-state index contributed by atoms with van der Waals surface area (Å²) in [4.78, 5) is 0. The summed E-state index contributed by atoms with van der Waals surface area (Å²) in [7, 11) is 0. The Labute approximate surface area is 35.7 Å². The molecule has 0 fully saturated rings. The van der Waals surface area contributed by atoms with Gasteiger partial charge in [0.1, 0.15) is 0 Å². The summed E-state index contributed by atoms with van der Waals surface area (Å²) in [5.41, 5.74) is 0.500. The lowest BCUT2D eigenvalue weighted by Crippen LogP contribution is -1.93. The third-order valence-corrected chi connectivity index (χ3v) is 0. The summed E-state index contributed by atoms with van der Waals surface area (Å²) in [5, 5.41) is 0. The van der Waals surface area contributed by atoms with E-state index in [-0.39, 0.29) is 1.43 Å². The van der Waals surface area contributed by atoms with Gasteiger partial charge in [0, 0.05) is 1.43 Å². The quantitative estimate of drug-likeness (QED) is 0.413. The summed E-state index contributed by atoms with van der Waals surface area (Å²) in [5.74, 6) is 0. The van der Waals surface area contributed by atoms with Gasteiger partial charge in [0.2, 0.25) is 0 Å². The average molecular weight is 74.2 g/mol. The van der Waals surface area contributed by atoms with Crippen LogP contribution in [0.5, 0.6) is 0 Å². The molecule has 0 heterocycles. The largest absolute Gasteiger partial charge is 0.0604 e. The summed E-state index contributed by atoms with van der Waals surface area (Å²) >= 11 is 0. The molecule has 0 aliphatic carbocycles. The monoisotopic (exact) mass is 74.1 g/mol. The first-order valence-electron chi connectivity index (χ1n) is 2.00. The van der Waals surface area contributed by atoms with Crippen molar-refractivity contribution in [2.24, 2.45) is 5.41 Å². The topological polar surface area (TPSA) is 0 Å². The molecule has 0 nitrogen and oxygen atoms in total. The van der Waals surface area contributed by atoms with E-state index in [1.165, 1.54) is 0 Å². The fourth-order valence-corrected chi connectivity index (χ4v) is 0. The Morgan fingerprint density at radius 3 is 1.00 bits per heavy atom. The fraction of sp³-hybridized carbons (Fsp3) is 1.00. The van der Waals surface area contributed by atoms with E-state index in [9.17, 15) is 0 Å². The first-order valence-corrected chi connectivity index (χ1v) is 2.00. The molecule has 0 aromatic rings. The third-order valence-electron chi connectivity index (χ3n) is 0. The molecular weight excluding hydrogens is 60.1 g/mol. The number of hydrogen-bond acceptors (Lipinski definition) is 0. The average Bonchev–Trinajstić information content (AvgIpc) is 0.722. The minimum absolute atomic E-state index is 0. The van der Waals surface area contributed by atoms with Crippen molar-refractivity contribution >= 4 is 0 Å². The van der Waals surface area contributed by atoms with E-state index in [4.69, 9.17) is 0 Å². The zero-order valence-electron chi connectivity index (χ0n) is 4.50. The van der Waals surface area contributed by atoms with Gasteiger partial charge < -0.3 is 0 Å². The van der Waals surface area contributed by atoms with Crippen molar-refractivity contribution < 1.29 is 1.43 Å². The van der Waals surface area contributed by atoms with Crippen LogP contribution in [-0.4, -0.2) is 0 Å². The maximum atomic E-state index is 2.19. The van der Waals surface area contributed by atoms with Crippen LogP contribution in [0.4, 0.5) is 0 Å². The summed E-state index contributed by atoms with van der Waals surface area (Å²) in [6, 6.07) is 0. The Morgan fingerprint density at radius 1 is 1.00 bits per heavy atom. The second kappa shape index (κ2) is 1.00. The van der Waals surface area contributed by atoms with E-state index in [0.29, 0.717) is 5.41 Å². The molecule has 0 aliphatic rings. The summed E-state index contributed by atoms with van der Waals surface area (Å²) in [6.45, 7) is 8.75. The van der Waals surface area contributed by atoms with Crippen LogP contribution in [0.15, 0.2) is 0 Å². The van der Waals surface area contributed by atoms with E-state index in [2.05, 4.69) is 27.7 Å². The fourth-order valence-electron chi connectivity index (χ4n) is 0. The van der Waals surface area contributed by atoms with Crippen molar-refractivity contribution in [1.29, 1.82) is 0 Å². The van der Waals surface area contributed by atoms with E-state index < -0.39 is 0 Å². The minimum atomic E-state index is 0. The van der Waals surface area contributed by atoms with Crippen molar-refractivity contribution in [2.45, 2.75) is 27.7 Å². The van der Waals surface area contributed by atoms with Gasteiger partial charge >= 0.3 is 0 Å². The molecule has 0 rings (SSSR count). The van der Waals surface area contributed by atoms with Gasteiger partial charge in [0.05, 0.1) is 0 Å². The summed E-state index contributed by atoms with van der Waals surface area (Å²) < 4.78 is 0. The van der Waals surface area contributed by atoms with Crippen LogP contribution in [0, 0.1) is 5.41 Å². The summed E-state index contributed by atoms with van der Waals surface area (Å²) in [6.07, 6.45) is 0. The van der Waals surface area contributed by atoms with E-state index in [1.54, 1.807) is 0 Å². The molecule has 0 aromatic carbocycles. The highest BCUT2D eigenvalue weighted by molar-refractivity contribution is 4.47. The maximum Gasteiger partial charge on any atom is 0 e. The van der Waals surface area contributed by atoms with E-state index in [0.717, 1.165) is 0 Å². The van der Waals surface area contributed by atoms with Crippen LogP contribution in [-0.2, 0) is 0 Å². The zero-order chi connectivity index (χ0) is 4.50. The van der Waals surface area contributed by atoms with Gasteiger partial charge in [0.25, 0.3) is 0 Å². The molecule has 0 N–H and O–H groups in total. The molecule has 0 aliphatic heterocycles. The Bertz CT molecular complexity index is 19.4. The molecule has 5 heavy (non-hydrogen) atoms. The van der Waals surface area contributed by atoms with Crippen molar-refractivity contribution in [2.75, 3.05) is 0 Å². The highest BCUT2D eigenvalue weighted by atomic mass is 14.0. The Morgan fingerprint density at radius 2 is 1.00 bits per heavy atom. The number of hydrogen-bond donors (Lipinski definition) is 0. The van der Waals surface area contributed by atoms with Gasteiger partial charge in [-0.2, -0.15) is 0 Å². The zero-order valence-corrected chi connectivity index (χ0v) is 4.50. The minimum Gasteiger partial charge on any atom is -0.0604 e. The predicted molar refractivity (Wildman–Crippen MR) is 27.2 cm³/mol. The first kappa shape index (κ1) is 5.00. The van der Waals surface area contributed by atoms with Gasteiger partial charge in [0.15, 0.2) is 0 Å². The van der Waals surface area contributed by atoms with Gasteiger partial charge in [-0.05, 0) is 5.41 Å². The molecule has 0 bridgehead atoms. The second-order valence-corrected chi connectivity index (χ2v) is 3.00. The van der Waals surface area contributed by atoms with Crippen LogP contribution in [0.2, 0.25) is 0 Å². The first-order chi connectivity index (χ1) is 2.00. The highest BCUT2D eigenvalue weighted by Gasteiger charge is 1.95. The van der Waals surface area contributed by atoms with Gasteiger partial charge in [-0.1, -0.05) is 27.7 Å². The molecule has 0 heteroatoms. The van der Waals surface area contributed by atoms with E-state index >= 15 is 0 Å². The molecule has 0 saturated heterocycles. The van der Waals surface area contributed by atoms with Crippen LogP contribution in [0.25, 0.3) is 0 Å². The van der Waals surface area contributed by atoms with E-state index in [1.807, 2.05) is 0 Å². The third kappa shape index (κ3) is 0. The Kier molecular flexibility index (Phi) is 1.00. The predicted octanol–water partition coefficient (Wildman–Crippen LogP) is 2.30. The molecule has 0 atom stereocenters. The molecule has 0 unspecified atom stereocenters. The van der Waals surface area contributed by atoms with Crippen molar-refractivity contribution in [3.8, 4) is 0 Å². The smallest absolute Gasteiger partial charge is 0 e. The lowest BCUT2D eigenvalue weighted by Gasteiger charge is -2.05. The molecule has 0 amide bonds. The standard InChI is InChI=1S/C5H12.H2/c1-5(2,3)4;/h1-4H3;1H. The SMILES string of the molecule is CC(C)(C)C.[HH]. The van der Waals surface area contributed by atoms with Gasteiger partial charge in [-0.15, -0.1) is 0 Å². The Balaban J connectivity index is 0. The maximum absolute atomic E-state index is 2.19. The second-order valence-electron chi connectivity index (χ2n) is 3.00. The van der Waals surface area contributed by atoms with Crippen LogP contribution >= 0.6 is 0 Å². The highest BCUT2D eigenvalue weighted by Crippen LogP contribution is 2.07.